The summed E-state index contributed by atoms with van der Waals surface area (Å²) in [4.78, 5) is 76.5. The second kappa shape index (κ2) is 32.0. The maximum atomic E-state index is 14.4. The molecule has 480 valence electrons. The van der Waals surface area contributed by atoms with Crippen molar-refractivity contribution in [2.45, 2.75) is 194 Å². The number of hydrogen-bond donors (Lipinski definition) is 3. The molecule has 20 heteroatoms. The molecular formula is C68H91Cl2N5O13. The zero-order valence-corrected chi connectivity index (χ0v) is 54.4. The third kappa shape index (κ3) is 17.1. The van der Waals surface area contributed by atoms with Crippen molar-refractivity contribution in [3.8, 4) is 5.69 Å². The molecule has 1 aliphatic carbocycles. The van der Waals surface area contributed by atoms with E-state index in [1.54, 1.807) is 41.1 Å². The van der Waals surface area contributed by atoms with Gasteiger partial charge in [-0.25, -0.2) is 4.79 Å². The predicted octanol–water partition coefficient (Wildman–Crippen LogP) is 10.4. The summed E-state index contributed by atoms with van der Waals surface area (Å²) >= 11 is 12.6. The average Bonchev–Trinajstić information content (AvgIpc) is 1.66. The Kier molecular flexibility index (Phi) is 25.4. The topological polar surface area (TPSA) is 238 Å². The summed E-state index contributed by atoms with van der Waals surface area (Å²) < 4.78 is 31.4. The number of allylic oxidation sites excluding steroid dienone is 6. The van der Waals surface area contributed by atoms with Gasteiger partial charge in [-0.1, -0.05) is 112 Å². The van der Waals surface area contributed by atoms with Crippen LogP contribution in [-0.4, -0.2) is 152 Å². The lowest BCUT2D eigenvalue weighted by atomic mass is 9.78. The quantitative estimate of drug-likeness (QED) is 0.113. The number of Topliss-reactive ketones (excluding diaryl/α,β-unsaturated/α-hetero) is 3. The molecule has 8 rings (SSSR count). The molecule has 1 saturated carbocycles. The van der Waals surface area contributed by atoms with Crippen LogP contribution < -0.4 is 0 Å². The number of aromatic nitrogens is 3. The lowest BCUT2D eigenvalue weighted by Crippen LogP contribution is -2.61. The zero-order chi connectivity index (χ0) is 64.1. The van der Waals surface area contributed by atoms with Crippen LogP contribution in [0.25, 0.3) is 5.69 Å². The fourth-order valence-electron chi connectivity index (χ4n) is 12.9. The van der Waals surface area contributed by atoms with E-state index in [-0.39, 0.29) is 54.8 Å². The van der Waals surface area contributed by atoms with Crippen molar-refractivity contribution in [1.82, 2.24) is 19.7 Å². The molecule has 5 heterocycles. The number of cyclic esters (lactones) is 1. The Bertz CT molecular complexity index is 3100. The number of benzene rings is 2. The van der Waals surface area contributed by atoms with E-state index in [0.717, 1.165) is 46.2 Å². The monoisotopic (exact) mass is 1260 g/mol. The van der Waals surface area contributed by atoms with Crippen molar-refractivity contribution >= 4 is 58.1 Å². The molecule has 1 amide bonds. The van der Waals surface area contributed by atoms with Crippen LogP contribution in [0.15, 0.2) is 95.1 Å². The highest BCUT2D eigenvalue weighted by atomic mass is 35.5. The first kappa shape index (κ1) is 69.9. The van der Waals surface area contributed by atoms with Gasteiger partial charge in [-0.05, 0) is 138 Å². The minimum Gasteiger partial charge on any atom is -0.460 e. The van der Waals surface area contributed by atoms with Gasteiger partial charge >= 0.3 is 5.97 Å². The fraction of sp³-hybridized carbons (Fsp3) is 0.588. The van der Waals surface area contributed by atoms with Gasteiger partial charge in [-0.15, -0.1) is 10.2 Å². The molecule has 0 unspecified atom stereocenters. The van der Waals surface area contributed by atoms with Crippen LogP contribution in [0.1, 0.15) is 148 Å². The Hall–Kier alpha value is -5.54. The highest BCUT2D eigenvalue weighted by Crippen LogP contribution is 2.38. The van der Waals surface area contributed by atoms with Gasteiger partial charge in [0.2, 0.25) is 5.79 Å². The number of aliphatic hydroxyl groups is 3. The van der Waals surface area contributed by atoms with Gasteiger partial charge in [0, 0.05) is 79.6 Å². The minimum atomic E-state index is -2.43. The minimum absolute atomic E-state index is 0.0193. The van der Waals surface area contributed by atoms with E-state index in [0.29, 0.717) is 80.0 Å². The molecule has 0 spiro atoms. The van der Waals surface area contributed by atoms with Gasteiger partial charge in [0.05, 0.1) is 35.8 Å². The highest BCUT2D eigenvalue weighted by Gasteiger charge is 2.53. The number of aliphatic imine (C=N–C) groups is 1. The van der Waals surface area contributed by atoms with Gasteiger partial charge in [-0.3, -0.25) is 28.7 Å². The molecular weight excluding hydrogens is 1170 g/mol. The maximum absolute atomic E-state index is 14.4. The van der Waals surface area contributed by atoms with Crippen LogP contribution in [0.3, 0.4) is 0 Å². The lowest BCUT2D eigenvalue weighted by molar-refractivity contribution is -0.265. The molecule has 18 nitrogen and oxygen atoms in total. The summed E-state index contributed by atoms with van der Waals surface area (Å²) in [6, 6.07) is 12.3. The van der Waals surface area contributed by atoms with E-state index in [4.69, 9.17) is 51.9 Å². The highest BCUT2D eigenvalue weighted by molar-refractivity contribution is 6.39. The number of methoxy groups -OCH3 is 3. The molecule has 3 aromatic rings. The van der Waals surface area contributed by atoms with Crippen molar-refractivity contribution in [2.75, 3.05) is 27.9 Å². The van der Waals surface area contributed by atoms with Crippen LogP contribution >= 0.6 is 23.2 Å². The summed E-state index contributed by atoms with van der Waals surface area (Å²) in [5, 5.41) is 43.5. The standard InChI is InChI=1S/C51H79NO13.C17H12Cl2N4/c1-30-16-12-11-13-17-31(2)42(61-8)28-38-21-19-36(7)51(60,65-38)48(57)49(58)52-23-15-14-18-39(52)50(59)64-43(33(4)26-37-20-22-40(53)44(27-37)62-9)29-41(54)32(3)25-35(6)46(56)47(63-10)45(55)34(5)24-30;1-10-21-22-16-9-20-17(12-4-2-3-5-14(12)19)13-8-11(18)6-7-15(13)23(10)16/h11-13,16-17,25,30,32-34,36-40,42-44,46-47,53,56,60H,14-15,18-24,26-29H2,1-10H3;2-8H,9H2,1H3/b13-11+,16-12+,31-17+,35-25+;/t30-,32-,33+,34-,36-,37+,38+,39+,40-,42+,43+,44-,46-,47+,51-;/m1./s1. The summed E-state index contributed by atoms with van der Waals surface area (Å²) in [6.07, 6.45) is 11.2. The summed E-state index contributed by atoms with van der Waals surface area (Å²) in [6.45, 7) is 15.1. The number of piperidine rings is 1. The zero-order valence-electron chi connectivity index (χ0n) is 52.9. The number of rotatable bonds is 7. The third-order valence-electron chi connectivity index (χ3n) is 18.3. The van der Waals surface area contributed by atoms with Crippen LogP contribution in [0, 0.1) is 42.4 Å². The normalized spacial score (nSPS) is 33.3. The summed E-state index contributed by atoms with van der Waals surface area (Å²) in [5.74, 6) is -6.34. The van der Waals surface area contributed by atoms with Crippen LogP contribution in [-0.2, 0) is 54.2 Å². The van der Waals surface area contributed by atoms with Crippen molar-refractivity contribution in [2.24, 2.45) is 40.5 Å². The molecule has 5 aliphatic rings. The number of ketones is 3. The summed E-state index contributed by atoms with van der Waals surface area (Å²) in [5.41, 5.74) is 4.85. The second-order valence-corrected chi connectivity index (χ2v) is 25.7. The van der Waals surface area contributed by atoms with E-state index >= 15 is 0 Å². The van der Waals surface area contributed by atoms with Crippen molar-refractivity contribution < 1.29 is 63.0 Å². The first-order chi connectivity index (χ1) is 41.9. The molecule has 1 aromatic heterocycles. The molecule has 2 bridgehead atoms. The van der Waals surface area contributed by atoms with Gasteiger partial charge < -0.3 is 43.9 Å². The second-order valence-electron chi connectivity index (χ2n) is 24.9. The van der Waals surface area contributed by atoms with Crippen molar-refractivity contribution in [3.05, 3.63) is 123 Å². The maximum Gasteiger partial charge on any atom is 0.329 e. The van der Waals surface area contributed by atoms with Gasteiger partial charge in [-0.2, -0.15) is 0 Å². The molecule has 2 saturated heterocycles. The number of fused-ring (bicyclic) bond motifs is 6. The molecule has 88 heavy (non-hydrogen) atoms. The molecule has 15 atom stereocenters. The van der Waals surface area contributed by atoms with E-state index in [1.807, 2.05) is 112 Å². The van der Waals surface area contributed by atoms with Gasteiger partial charge in [0.25, 0.3) is 11.7 Å². The van der Waals surface area contributed by atoms with Crippen molar-refractivity contribution in [1.29, 1.82) is 0 Å². The number of aliphatic hydroxyl groups excluding tert-OH is 2. The number of amides is 1. The Morgan fingerprint density at radius 2 is 1.57 bits per heavy atom. The molecule has 4 aliphatic heterocycles. The molecule has 3 N–H and O–H groups in total. The van der Waals surface area contributed by atoms with Crippen LogP contribution in [0.4, 0.5) is 0 Å². The lowest BCUT2D eigenvalue weighted by Gasteiger charge is -2.42. The van der Waals surface area contributed by atoms with E-state index < -0.39 is 83.9 Å². The first-order valence-electron chi connectivity index (χ1n) is 31.1. The van der Waals surface area contributed by atoms with Crippen molar-refractivity contribution in [3.63, 3.8) is 0 Å². The molecule has 2 aromatic carbocycles. The fourth-order valence-corrected chi connectivity index (χ4v) is 13.3. The van der Waals surface area contributed by atoms with Gasteiger partial charge in [0.1, 0.15) is 42.5 Å². The first-order valence-corrected chi connectivity index (χ1v) is 31.8. The Morgan fingerprint density at radius 3 is 2.28 bits per heavy atom. The van der Waals surface area contributed by atoms with E-state index in [1.165, 1.54) is 12.0 Å². The van der Waals surface area contributed by atoms with Crippen LogP contribution in [0.5, 0.6) is 0 Å². The number of carbonyl (C=O) groups is 5. The largest absolute Gasteiger partial charge is 0.460 e. The average molecular weight is 1260 g/mol. The Balaban J connectivity index is 0.000000394. The predicted molar refractivity (Wildman–Crippen MR) is 337 cm³/mol. The SMILES string of the molecule is CO[C@H]1C[C@@H]2CC[C@@H](C)[C@@](O)(O2)C(=O)C(=O)N2CCCC[C@H]2C(=O)O[C@H]([C@@H](C)C[C@@H]2CC[C@@H](O)[C@H](OC)C2)CC(=O)[C@H](C)/C=C(\C)[C@@H](O)[C@@H](OC)C(=O)[C@H](C)C[C@H](C)/C=C/C=C/C=C/1C.Cc1nnc2n1-c1ccc(Cl)cc1C(c1ccccc1Cl)=NC2. The summed E-state index contributed by atoms with van der Waals surface area (Å²) in [7, 11) is 4.52. The molecule has 0 radical (unpaired) electrons. The van der Waals surface area contributed by atoms with Crippen LogP contribution in [0.2, 0.25) is 10.0 Å². The smallest absolute Gasteiger partial charge is 0.329 e. The number of carbonyl (C=O) groups excluding carboxylic acids is 5. The van der Waals surface area contributed by atoms with Gasteiger partial charge in [0.15, 0.2) is 11.6 Å². The van der Waals surface area contributed by atoms with E-state index in [2.05, 4.69) is 10.2 Å². The number of esters is 1. The number of hydrogen-bond acceptors (Lipinski definition) is 16. The van der Waals surface area contributed by atoms with E-state index in [9.17, 15) is 39.3 Å². The Labute approximate surface area is 528 Å². The number of halogens is 2. The molecule has 3 fully saturated rings. The Morgan fingerprint density at radius 1 is 0.818 bits per heavy atom. The number of ether oxygens (including phenoxy) is 5. The number of aryl methyl sites for hydroxylation is 1. The third-order valence-corrected chi connectivity index (χ3v) is 18.9. The number of nitrogens with zero attached hydrogens (tertiary/aromatic N) is 5.